The number of nitrogens with zero attached hydrogens (tertiary/aromatic N) is 3. The fourth-order valence-corrected chi connectivity index (χ4v) is 4.49. The van der Waals surface area contributed by atoms with Gasteiger partial charge in [-0.25, -0.2) is 9.97 Å². The molecule has 1 N–H and O–H groups in total. The molecule has 1 amide bonds. The molecule has 0 fully saturated rings. The molecule has 6 nitrogen and oxygen atoms in total. The first kappa shape index (κ1) is 17.9. The fourth-order valence-electron chi connectivity index (χ4n) is 4.49. The Morgan fingerprint density at radius 3 is 2.97 bits per heavy atom. The number of nitrogens with one attached hydrogen (secondary N) is 1. The normalized spacial score (nSPS) is 17.1. The van der Waals surface area contributed by atoms with Crippen LogP contribution in [0, 0.1) is 12.8 Å². The van der Waals surface area contributed by atoms with Gasteiger partial charge in [-0.05, 0) is 54.2 Å². The highest BCUT2D eigenvalue weighted by Gasteiger charge is 2.31. The number of hydrogen-bond donors (Lipinski definition) is 1. The molecular formula is C23H24N4O2. The van der Waals surface area contributed by atoms with Crippen LogP contribution in [0.3, 0.4) is 0 Å². The van der Waals surface area contributed by atoms with E-state index in [0.717, 1.165) is 35.0 Å². The summed E-state index contributed by atoms with van der Waals surface area (Å²) in [4.78, 5) is 27.5. The zero-order valence-electron chi connectivity index (χ0n) is 16.9. The number of carbonyl (C=O) groups excluding carboxylic acids is 1. The first-order valence-corrected chi connectivity index (χ1v) is 10.1. The zero-order chi connectivity index (χ0) is 20.1. The maximum atomic E-state index is 13.5. The highest BCUT2D eigenvalue weighted by atomic mass is 16.3. The number of fused-ring (bicyclic) bond motifs is 4. The van der Waals surface area contributed by atoms with Gasteiger partial charge in [-0.15, -0.1) is 0 Å². The van der Waals surface area contributed by atoms with E-state index in [1.54, 1.807) is 6.33 Å². The van der Waals surface area contributed by atoms with Gasteiger partial charge in [0.15, 0.2) is 11.5 Å². The van der Waals surface area contributed by atoms with Crippen molar-refractivity contribution in [2.24, 2.45) is 5.92 Å². The Labute approximate surface area is 168 Å². The van der Waals surface area contributed by atoms with Gasteiger partial charge in [0, 0.05) is 25.1 Å². The van der Waals surface area contributed by atoms with Crippen LogP contribution in [-0.2, 0) is 12.8 Å². The van der Waals surface area contributed by atoms with Crippen LogP contribution in [0.5, 0.6) is 0 Å². The van der Waals surface area contributed by atoms with Gasteiger partial charge in [0.25, 0.3) is 5.91 Å². The second-order valence-electron chi connectivity index (χ2n) is 8.18. The van der Waals surface area contributed by atoms with Crippen LogP contribution in [0.15, 0.2) is 41.1 Å². The van der Waals surface area contributed by atoms with E-state index in [9.17, 15) is 4.79 Å². The molecule has 0 unspecified atom stereocenters. The molecular weight excluding hydrogens is 364 g/mol. The molecule has 0 radical (unpaired) electrons. The third-order valence-electron chi connectivity index (χ3n) is 6.00. The van der Waals surface area contributed by atoms with Crippen LogP contribution in [0.2, 0.25) is 0 Å². The van der Waals surface area contributed by atoms with Gasteiger partial charge in [-0.3, -0.25) is 4.79 Å². The Morgan fingerprint density at radius 1 is 1.28 bits per heavy atom. The van der Waals surface area contributed by atoms with E-state index in [1.165, 1.54) is 11.1 Å². The highest BCUT2D eigenvalue weighted by Crippen LogP contribution is 2.31. The lowest BCUT2D eigenvalue weighted by Gasteiger charge is -2.33. The summed E-state index contributed by atoms with van der Waals surface area (Å²) >= 11 is 0. The van der Waals surface area contributed by atoms with Gasteiger partial charge in [-0.2, -0.15) is 0 Å². The Kier molecular flexibility index (Phi) is 4.15. The SMILES string of the molecule is Cc1nc2c3c(ccc2o1)C[C@@H](C(C)C)N(C(=O)c1ccc2nc[nH]c2c1)CC3. The molecule has 1 atom stereocenters. The number of aryl methyl sites for hydroxylation is 1. The van der Waals surface area contributed by atoms with E-state index in [-0.39, 0.29) is 11.9 Å². The number of oxazole rings is 1. The minimum atomic E-state index is 0.0700. The predicted octanol–water partition coefficient (Wildman–Crippen LogP) is 4.28. The summed E-state index contributed by atoms with van der Waals surface area (Å²) in [7, 11) is 0. The van der Waals surface area contributed by atoms with Crippen LogP contribution in [-0.4, -0.2) is 38.3 Å². The van der Waals surface area contributed by atoms with Gasteiger partial charge >= 0.3 is 0 Å². The Balaban J connectivity index is 1.54. The van der Waals surface area contributed by atoms with Crippen LogP contribution in [0.4, 0.5) is 0 Å². The summed E-state index contributed by atoms with van der Waals surface area (Å²) in [6, 6.07) is 9.96. The molecule has 29 heavy (non-hydrogen) atoms. The summed E-state index contributed by atoms with van der Waals surface area (Å²) in [5, 5.41) is 0. The quantitative estimate of drug-likeness (QED) is 0.556. The molecule has 1 aliphatic heterocycles. The van der Waals surface area contributed by atoms with E-state index in [1.807, 2.05) is 36.1 Å². The third-order valence-corrected chi connectivity index (χ3v) is 6.00. The molecule has 1 aliphatic rings. The van der Waals surface area contributed by atoms with Crippen molar-refractivity contribution < 1.29 is 9.21 Å². The Bertz CT molecular complexity index is 1220. The number of H-pyrrole nitrogens is 1. The highest BCUT2D eigenvalue weighted by molar-refractivity contribution is 5.97. The van der Waals surface area contributed by atoms with Crippen LogP contribution in [0.1, 0.15) is 41.2 Å². The summed E-state index contributed by atoms with van der Waals surface area (Å²) in [5.41, 5.74) is 6.69. The van der Waals surface area contributed by atoms with Crippen LogP contribution < -0.4 is 0 Å². The van der Waals surface area contributed by atoms with Crippen LogP contribution >= 0.6 is 0 Å². The van der Waals surface area contributed by atoms with E-state index in [0.29, 0.717) is 23.9 Å². The van der Waals surface area contributed by atoms with Gasteiger partial charge < -0.3 is 14.3 Å². The molecule has 2 aromatic carbocycles. The lowest BCUT2D eigenvalue weighted by molar-refractivity contribution is 0.0636. The minimum Gasteiger partial charge on any atom is -0.441 e. The number of rotatable bonds is 2. The molecule has 0 saturated heterocycles. The maximum absolute atomic E-state index is 13.5. The first-order chi connectivity index (χ1) is 14.0. The number of benzene rings is 2. The fraction of sp³-hybridized carbons (Fsp3) is 0.348. The van der Waals surface area contributed by atoms with Gasteiger partial charge in [0.2, 0.25) is 0 Å². The Hall–Kier alpha value is -3.15. The van der Waals surface area contributed by atoms with Crippen molar-refractivity contribution in [3.63, 3.8) is 0 Å². The number of hydrogen-bond acceptors (Lipinski definition) is 4. The molecule has 5 rings (SSSR count). The molecule has 0 saturated carbocycles. The van der Waals surface area contributed by atoms with E-state index in [4.69, 9.17) is 4.42 Å². The summed E-state index contributed by atoms with van der Waals surface area (Å²) in [6.07, 6.45) is 3.26. The Morgan fingerprint density at radius 2 is 2.14 bits per heavy atom. The maximum Gasteiger partial charge on any atom is 0.254 e. The molecule has 0 aliphatic carbocycles. The van der Waals surface area contributed by atoms with E-state index in [2.05, 4.69) is 34.9 Å². The first-order valence-electron chi connectivity index (χ1n) is 10.1. The average molecular weight is 388 g/mol. The number of aromatic amines is 1. The molecule has 148 valence electrons. The third kappa shape index (κ3) is 2.99. The average Bonchev–Trinajstić information content (AvgIpc) is 3.26. The van der Waals surface area contributed by atoms with Crippen molar-refractivity contribution in [3.05, 3.63) is 59.2 Å². The summed E-state index contributed by atoms with van der Waals surface area (Å²) in [6.45, 7) is 6.92. The van der Waals surface area contributed by atoms with Crippen molar-refractivity contribution in [3.8, 4) is 0 Å². The van der Waals surface area contributed by atoms with Crippen molar-refractivity contribution >= 4 is 28.0 Å². The lowest BCUT2D eigenvalue weighted by Crippen LogP contribution is -2.44. The summed E-state index contributed by atoms with van der Waals surface area (Å²) < 4.78 is 5.72. The van der Waals surface area contributed by atoms with Crippen LogP contribution in [0.25, 0.3) is 22.1 Å². The smallest absolute Gasteiger partial charge is 0.254 e. The largest absolute Gasteiger partial charge is 0.441 e. The zero-order valence-corrected chi connectivity index (χ0v) is 16.9. The number of imidazole rings is 1. The van der Waals surface area contributed by atoms with Gasteiger partial charge in [0.05, 0.1) is 17.4 Å². The summed E-state index contributed by atoms with van der Waals surface area (Å²) in [5.74, 6) is 1.09. The van der Waals surface area contributed by atoms with E-state index < -0.39 is 0 Å². The monoisotopic (exact) mass is 388 g/mol. The molecule has 0 spiro atoms. The van der Waals surface area contributed by atoms with Gasteiger partial charge in [0.1, 0.15) is 5.52 Å². The molecule has 3 heterocycles. The van der Waals surface area contributed by atoms with Crippen molar-refractivity contribution in [1.82, 2.24) is 19.9 Å². The number of amides is 1. The second-order valence-corrected chi connectivity index (χ2v) is 8.18. The van der Waals surface area contributed by atoms with Crippen molar-refractivity contribution in [2.45, 2.75) is 39.7 Å². The van der Waals surface area contributed by atoms with Crippen molar-refractivity contribution in [2.75, 3.05) is 6.54 Å². The topological polar surface area (TPSA) is 75.0 Å². The molecule has 2 aromatic heterocycles. The second kappa shape index (κ2) is 6.72. The molecule has 0 bridgehead atoms. The standard InChI is InChI=1S/C23H24N4O2/c1-13(2)20-11-15-5-7-21-22(26-14(3)29-21)17(15)8-9-27(20)23(28)16-4-6-18-19(10-16)25-12-24-18/h4-7,10,12-13,20H,8-9,11H2,1-3H3,(H,24,25)/t20-/m0/s1. The van der Waals surface area contributed by atoms with E-state index >= 15 is 0 Å². The lowest BCUT2D eigenvalue weighted by atomic mass is 9.93. The molecule has 4 aromatic rings. The van der Waals surface area contributed by atoms with Gasteiger partial charge in [-0.1, -0.05) is 19.9 Å². The minimum absolute atomic E-state index is 0.0700. The van der Waals surface area contributed by atoms with Crippen molar-refractivity contribution in [1.29, 1.82) is 0 Å². The predicted molar refractivity (Wildman–Crippen MR) is 112 cm³/mol. The molecule has 6 heteroatoms. The number of aromatic nitrogens is 3. The number of carbonyl (C=O) groups is 1.